The van der Waals surface area contributed by atoms with Gasteiger partial charge in [-0.1, -0.05) is 30.8 Å². The summed E-state index contributed by atoms with van der Waals surface area (Å²) in [6, 6.07) is 22.4. The molecule has 5 heteroatoms. The molecule has 0 amide bonds. The molecule has 0 heterocycles. The highest BCUT2D eigenvalue weighted by Gasteiger charge is 2.10. The van der Waals surface area contributed by atoms with Gasteiger partial charge in [0, 0.05) is 6.08 Å². The second-order valence-corrected chi connectivity index (χ2v) is 5.75. The fourth-order valence-electron chi connectivity index (χ4n) is 2.44. The molecule has 5 nitrogen and oxygen atoms in total. The maximum absolute atomic E-state index is 12.3. The monoisotopic (exact) mass is 369 g/mol. The van der Waals surface area contributed by atoms with Crippen LogP contribution >= 0.6 is 0 Å². The molecule has 0 aromatic heterocycles. The van der Waals surface area contributed by atoms with Crippen molar-refractivity contribution in [1.29, 1.82) is 5.26 Å². The number of ether oxygens (including phenoxy) is 2. The number of rotatable bonds is 5. The quantitative estimate of drug-likeness (QED) is 0.375. The standard InChI is InChI=1S/C23H15NO4/c1-2-22(25)27-20-13-9-19(10-14-20)23(26)28-21-11-7-18(8-12-21)17-5-3-16(15-24)4-6-17/h2-14H,1H2. The van der Waals surface area contributed by atoms with Gasteiger partial charge in [-0.15, -0.1) is 0 Å². The van der Waals surface area contributed by atoms with Crippen molar-refractivity contribution in [2.75, 3.05) is 0 Å². The summed E-state index contributed by atoms with van der Waals surface area (Å²) in [6.07, 6.45) is 1.06. The SMILES string of the molecule is C=CC(=O)Oc1ccc(C(=O)Oc2ccc(-c3ccc(C#N)cc3)cc2)cc1. The zero-order chi connectivity index (χ0) is 19.9. The van der Waals surface area contributed by atoms with Crippen LogP contribution in [0.15, 0.2) is 85.5 Å². The lowest BCUT2D eigenvalue weighted by Crippen LogP contribution is -2.09. The largest absolute Gasteiger partial charge is 0.423 e. The lowest BCUT2D eigenvalue weighted by molar-refractivity contribution is -0.128. The van der Waals surface area contributed by atoms with Crippen molar-refractivity contribution in [2.24, 2.45) is 0 Å². The number of hydrogen-bond acceptors (Lipinski definition) is 5. The highest BCUT2D eigenvalue weighted by atomic mass is 16.5. The molecule has 136 valence electrons. The normalized spacial score (nSPS) is 9.82. The number of nitriles is 1. The summed E-state index contributed by atoms with van der Waals surface area (Å²) in [6.45, 7) is 3.32. The first kappa shape index (κ1) is 18.6. The van der Waals surface area contributed by atoms with Crippen molar-refractivity contribution in [2.45, 2.75) is 0 Å². The Kier molecular flexibility index (Phi) is 5.63. The zero-order valence-electron chi connectivity index (χ0n) is 14.8. The third-order valence-corrected chi connectivity index (χ3v) is 3.89. The van der Waals surface area contributed by atoms with Gasteiger partial charge in [-0.25, -0.2) is 9.59 Å². The molecule has 3 aromatic rings. The van der Waals surface area contributed by atoms with Gasteiger partial charge >= 0.3 is 11.9 Å². The molecule has 0 spiro atoms. The molecule has 0 radical (unpaired) electrons. The number of hydrogen-bond donors (Lipinski definition) is 0. The van der Waals surface area contributed by atoms with E-state index in [0.29, 0.717) is 22.6 Å². The van der Waals surface area contributed by atoms with Gasteiger partial charge in [0.25, 0.3) is 0 Å². The molecule has 28 heavy (non-hydrogen) atoms. The van der Waals surface area contributed by atoms with Gasteiger partial charge in [-0.05, 0) is 59.7 Å². The van der Waals surface area contributed by atoms with Crippen LogP contribution in [0.2, 0.25) is 0 Å². The molecule has 0 saturated carbocycles. The molecule has 0 fully saturated rings. The molecule has 0 N–H and O–H groups in total. The predicted molar refractivity (Wildman–Crippen MR) is 104 cm³/mol. The van der Waals surface area contributed by atoms with Gasteiger partial charge in [-0.2, -0.15) is 5.26 Å². The van der Waals surface area contributed by atoms with Crippen LogP contribution in [-0.4, -0.2) is 11.9 Å². The van der Waals surface area contributed by atoms with E-state index in [9.17, 15) is 9.59 Å². The van der Waals surface area contributed by atoms with Crippen molar-refractivity contribution in [3.63, 3.8) is 0 Å². The van der Waals surface area contributed by atoms with E-state index >= 15 is 0 Å². The average Bonchev–Trinajstić information content (AvgIpc) is 2.74. The van der Waals surface area contributed by atoms with Gasteiger partial charge < -0.3 is 9.47 Å². The molecule has 3 aromatic carbocycles. The summed E-state index contributed by atoms with van der Waals surface area (Å²) in [4.78, 5) is 23.4. The van der Waals surface area contributed by atoms with E-state index in [2.05, 4.69) is 12.6 Å². The maximum Gasteiger partial charge on any atom is 0.343 e. The number of carbonyl (C=O) groups is 2. The number of carbonyl (C=O) groups excluding carboxylic acids is 2. The van der Waals surface area contributed by atoms with Gasteiger partial charge in [0.05, 0.1) is 17.2 Å². The average molecular weight is 369 g/mol. The van der Waals surface area contributed by atoms with Crippen LogP contribution in [0.1, 0.15) is 15.9 Å². The number of nitrogens with zero attached hydrogens (tertiary/aromatic N) is 1. The van der Waals surface area contributed by atoms with E-state index in [-0.39, 0.29) is 0 Å². The summed E-state index contributed by atoms with van der Waals surface area (Å²) in [5.74, 6) is -0.372. The van der Waals surface area contributed by atoms with Crippen LogP contribution in [0.5, 0.6) is 11.5 Å². The van der Waals surface area contributed by atoms with Crippen LogP contribution in [0.3, 0.4) is 0 Å². The van der Waals surface area contributed by atoms with E-state index in [1.165, 1.54) is 24.3 Å². The summed E-state index contributed by atoms with van der Waals surface area (Å²) in [7, 11) is 0. The van der Waals surface area contributed by atoms with Crippen molar-refractivity contribution in [1.82, 2.24) is 0 Å². The van der Waals surface area contributed by atoms with Crippen molar-refractivity contribution >= 4 is 11.9 Å². The Morgan fingerprint density at radius 2 is 1.29 bits per heavy atom. The minimum Gasteiger partial charge on any atom is -0.423 e. The number of esters is 2. The molecule has 0 aliphatic heterocycles. The fourth-order valence-corrected chi connectivity index (χ4v) is 2.44. The Bertz CT molecular complexity index is 1040. The molecular weight excluding hydrogens is 354 g/mol. The van der Waals surface area contributed by atoms with E-state index < -0.39 is 11.9 Å². The minimum atomic E-state index is -0.572. The van der Waals surface area contributed by atoms with Crippen LogP contribution in [0.25, 0.3) is 11.1 Å². The lowest BCUT2D eigenvalue weighted by atomic mass is 10.0. The smallest absolute Gasteiger partial charge is 0.343 e. The Morgan fingerprint density at radius 3 is 1.82 bits per heavy atom. The Hall–Kier alpha value is -4.17. The van der Waals surface area contributed by atoms with Gasteiger partial charge in [0.2, 0.25) is 0 Å². The third kappa shape index (κ3) is 4.51. The van der Waals surface area contributed by atoms with Crippen molar-refractivity contribution in [3.05, 3.63) is 96.6 Å². The van der Waals surface area contributed by atoms with Gasteiger partial charge in [-0.3, -0.25) is 0 Å². The third-order valence-electron chi connectivity index (χ3n) is 3.89. The van der Waals surface area contributed by atoms with E-state index in [1.807, 2.05) is 24.3 Å². The van der Waals surface area contributed by atoms with E-state index in [1.54, 1.807) is 24.3 Å². The Labute approximate surface area is 162 Å². The zero-order valence-corrected chi connectivity index (χ0v) is 14.8. The lowest BCUT2D eigenvalue weighted by Gasteiger charge is -2.07. The Balaban J connectivity index is 1.66. The van der Waals surface area contributed by atoms with Crippen LogP contribution in [-0.2, 0) is 4.79 Å². The first-order valence-corrected chi connectivity index (χ1v) is 8.36. The molecule has 0 aliphatic carbocycles. The molecular formula is C23H15NO4. The molecule has 3 rings (SSSR count). The maximum atomic E-state index is 12.3. The second-order valence-electron chi connectivity index (χ2n) is 5.75. The topological polar surface area (TPSA) is 76.4 Å². The van der Waals surface area contributed by atoms with Crippen LogP contribution in [0, 0.1) is 11.3 Å². The fraction of sp³-hybridized carbons (Fsp3) is 0. The van der Waals surface area contributed by atoms with E-state index in [4.69, 9.17) is 14.7 Å². The van der Waals surface area contributed by atoms with Crippen molar-refractivity contribution in [3.8, 4) is 28.7 Å². The molecule has 0 unspecified atom stereocenters. The second kappa shape index (κ2) is 8.47. The molecule has 0 atom stereocenters. The number of benzene rings is 3. The highest BCUT2D eigenvalue weighted by Crippen LogP contribution is 2.23. The van der Waals surface area contributed by atoms with E-state index in [0.717, 1.165) is 17.2 Å². The minimum absolute atomic E-state index is 0.313. The predicted octanol–water partition coefficient (Wildman–Crippen LogP) is 4.54. The van der Waals surface area contributed by atoms with Crippen LogP contribution < -0.4 is 9.47 Å². The Morgan fingerprint density at radius 1 is 0.786 bits per heavy atom. The summed E-state index contributed by atoms with van der Waals surface area (Å²) in [5.41, 5.74) is 2.83. The van der Waals surface area contributed by atoms with Crippen LogP contribution in [0.4, 0.5) is 0 Å². The molecule has 0 aliphatic rings. The van der Waals surface area contributed by atoms with Gasteiger partial charge in [0.1, 0.15) is 11.5 Å². The highest BCUT2D eigenvalue weighted by molar-refractivity contribution is 5.91. The van der Waals surface area contributed by atoms with Gasteiger partial charge in [0.15, 0.2) is 0 Å². The first-order chi connectivity index (χ1) is 13.6. The summed E-state index contributed by atoms with van der Waals surface area (Å²) < 4.78 is 10.3. The summed E-state index contributed by atoms with van der Waals surface area (Å²) in [5, 5.41) is 8.85. The molecule has 0 saturated heterocycles. The van der Waals surface area contributed by atoms with Crippen molar-refractivity contribution < 1.29 is 19.1 Å². The first-order valence-electron chi connectivity index (χ1n) is 8.36. The molecule has 0 bridgehead atoms. The summed E-state index contributed by atoms with van der Waals surface area (Å²) >= 11 is 0.